The Hall–Kier alpha value is -2.76. The summed E-state index contributed by atoms with van der Waals surface area (Å²) in [4.78, 5) is 23.4. The summed E-state index contributed by atoms with van der Waals surface area (Å²) in [7, 11) is 1.76. The number of carbonyl (C=O) groups excluding carboxylic acids is 1. The smallest absolute Gasteiger partial charge is 0.335 e. The molecule has 1 heterocycles. The molecule has 6 nitrogen and oxygen atoms in total. The second-order valence-corrected chi connectivity index (χ2v) is 4.82. The highest BCUT2D eigenvalue weighted by atomic mass is 16.5. The number of ether oxygens (including phenoxy) is 1. The number of carbonyl (C=O) groups is 2. The molecule has 1 amide bonds. The lowest BCUT2D eigenvalue weighted by molar-refractivity contribution is 0.0696. The van der Waals surface area contributed by atoms with Crippen LogP contribution < -0.4 is 10.1 Å². The first-order valence-electron chi connectivity index (χ1n) is 6.95. The van der Waals surface area contributed by atoms with Crippen molar-refractivity contribution in [1.29, 1.82) is 0 Å². The van der Waals surface area contributed by atoms with Gasteiger partial charge in [-0.1, -0.05) is 6.92 Å². The number of amides is 1. The average Bonchev–Trinajstić information content (AvgIpc) is 2.92. The number of anilines is 1. The summed E-state index contributed by atoms with van der Waals surface area (Å²) in [5.74, 6) is -0.929. The fourth-order valence-corrected chi connectivity index (χ4v) is 1.98. The fourth-order valence-electron chi connectivity index (χ4n) is 1.98. The molecule has 116 valence electrons. The zero-order valence-electron chi connectivity index (χ0n) is 12.5. The molecule has 22 heavy (non-hydrogen) atoms. The maximum atomic E-state index is 12.3. The van der Waals surface area contributed by atoms with Crippen LogP contribution in [0.25, 0.3) is 0 Å². The van der Waals surface area contributed by atoms with Crippen molar-refractivity contribution in [2.45, 2.75) is 13.3 Å². The van der Waals surface area contributed by atoms with Crippen LogP contribution in [0, 0.1) is 0 Å². The largest absolute Gasteiger partial charge is 0.491 e. The normalized spacial score (nSPS) is 10.3. The molecular weight excluding hydrogens is 284 g/mol. The Morgan fingerprint density at radius 2 is 2.09 bits per heavy atom. The van der Waals surface area contributed by atoms with Crippen molar-refractivity contribution in [2.75, 3.05) is 11.9 Å². The molecule has 0 saturated heterocycles. The molecule has 2 aromatic rings. The van der Waals surface area contributed by atoms with E-state index in [2.05, 4.69) is 5.32 Å². The molecule has 0 fully saturated rings. The molecule has 0 aliphatic rings. The van der Waals surface area contributed by atoms with Crippen molar-refractivity contribution in [3.63, 3.8) is 0 Å². The molecule has 0 saturated carbocycles. The highest BCUT2D eigenvalue weighted by Crippen LogP contribution is 2.26. The lowest BCUT2D eigenvalue weighted by Gasteiger charge is -2.13. The van der Waals surface area contributed by atoms with Crippen LogP contribution in [-0.2, 0) is 7.05 Å². The lowest BCUT2D eigenvalue weighted by Crippen LogP contribution is -2.16. The number of nitrogens with zero attached hydrogens (tertiary/aromatic N) is 1. The predicted octanol–water partition coefficient (Wildman–Crippen LogP) is 2.76. The number of hydrogen-bond acceptors (Lipinski definition) is 3. The second kappa shape index (κ2) is 6.80. The molecule has 0 unspecified atom stereocenters. The highest BCUT2D eigenvalue weighted by molar-refractivity contribution is 6.04. The van der Waals surface area contributed by atoms with Gasteiger partial charge < -0.3 is 19.7 Å². The van der Waals surface area contributed by atoms with Gasteiger partial charge in [0.1, 0.15) is 11.4 Å². The standard InChI is InChI=1S/C16H18N2O4/c1-3-9-22-14-7-6-11(16(20)21)10-12(14)17-15(19)13-5-4-8-18(13)2/h4-8,10H,3,9H2,1-2H3,(H,17,19)(H,20,21). The number of aromatic carboxylic acids is 1. The van der Waals surface area contributed by atoms with Gasteiger partial charge in [-0.05, 0) is 36.8 Å². The minimum atomic E-state index is -1.06. The van der Waals surface area contributed by atoms with Gasteiger partial charge in [0.15, 0.2) is 0 Å². The van der Waals surface area contributed by atoms with Gasteiger partial charge in [0, 0.05) is 13.2 Å². The van der Waals surface area contributed by atoms with E-state index in [4.69, 9.17) is 9.84 Å². The van der Waals surface area contributed by atoms with Crippen molar-refractivity contribution in [3.05, 3.63) is 47.8 Å². The molecule has 0 radical (unpaired) electrons. The van der Waals surface area contributed by atoms with Gasteiger partial charge >= 0.3 is 5.97 Å². The molecule has 0 spiro atoms. The number of aryl methyl sites for hydroxylation is 1. The van der Waals surface area contributed by atoms with Crippen molar-refractivity contribution >= 4 is 17.6 Å². The molecule has 1 aromatic heterocycles. The van der Waals surface area contributed by atoms with E-state index < -0.39 is 5.97 Å². The molecule has 0 atom stereocenters. The van der Waals surface area contributed by atoms with Crippen molar-refractivity contribution in [3.8, 4) is 5.75 Å². The van der Waals surface area contributed by atoms with E-state index in [-0.39, 0.29) is 11.5 Å². The SMILES string of the molecule is CCCOc1ccc(C(=O)O)cc1NC(=O)c1cccn1C. The third-order valence-electron chi connectivity index (χ3n) is 3.11. The average molecular weight is 302 g/mol. The third kappa shape index (κ3) is 3.46. The van der Waals surface area contributed by atoms with E-state index in [0.717, 1.165) is 6.42 Å². The Morgan fingerprint density at radius 1 is 1.32 bits per heavy atom. The summed E-state index contributed by atoms with van der Waals surface area (Å²) in [6.07, 6.45) is 2.57. The van der Waals surface area contributed by atoms with Gasteiger partial charge in [-0.15, -0.1) is 0 Å². The highest BCUT2D eigenvalue weighted by Gasteiger charge is 2.14. The van der Waals surface area contributed by atoms with Gasteiger partial charge in [0.05, 0.1) is 17.9 Å². The summed E-state index contributed by atoms with van der Waals surface area (Å²) in [6.45, 7) is 2.45. The van der Waals surface area contributed by atoms with E-state index in [1.807, 2.05) is 6.92 Å². The van der Waals surface area contributed by atoms with Crippen LogP contribution in [-0.4, -0.2) is 28.2 Å². The number of aromatic nitrogens is 1. The Balaban J connectivity index is 2.30. The monoisotopic (exact) mass is 302 g/mol. The molecule has 2 N–H and O–H groups in total. The molecule has 0 bridgehead atoms. The molecule has 6 heteroatoms. The van der Waals surface area contributed by atoms with Crippen molar-refractivity contribution in [2.24, 2.45) is 7.05 Å². The third-order valence-corrected chi connectivity index (χ3v) is 3.11. The zero-order chi connectivity index (χ0) is 16.1. The van der Waals surface area contributed by atoms with E-state index in [1.54, 1.807) is 36.0 Å². The lowest BCUT2D eigenvalue weighted by atomic mass is 10.2. The first kappa shape index (κ1) is 15.6. The molecular formula is C16H18N2O4. The summed E-state index contributed by atoms with van der Waals surface area (Å²) >= 11 is 0. The quantitative estimate of drug-likeness (QED) is 0.859. The van der Waals surface area contributed by atoms with Gasteiger partial charge in [-0.3, -0.25) is 4.79 Å². The number of carboxylic acid groups (broad SMARTS) is 1. The van der Waals surface area contributed by atoms with Crippen molar-refractivity contribution in [1.82, 2.24) is 4.57 Å². The van der Waals surface area contributed by atoms with Crippen LogP contribution in [0.4, 0.5) is 5.69 Å². The van der Waals surface area contributed by atoms with Crippen LogP contribution in [0.2, 0.25) is 0 Å². The first-order chi connectivity index (χ1) is 10.5. The van der Waals surface area contributed by atoms with Gasteiger partial charge in [-0.2, -0.15) is 0 Å². The first-order valence-corrected chi connectivity index (χ1v) is 6.95. The van der Waals surface area contributed by atoms with Crippen LogP contribution in [0.5, 0.6) is 5.75 Å². The Bertz CT molecular complexity index is 691. The summed E-state index contributed by atoms with van der Waals surface area (Å²) < 4.78 is 7.24. The zero-order valence-corrected chi connectivity index (χ0v) is 12.5. The number of nitrogens with one attached hydrogen (secondary N) is 1. The van der Waals surface area contributed by atoms with Crippen molar-refractivity contribution < 1.29 is 19.4 Å². The predicted molar refractivity (Wildman–Crippen MR) is 82.6 cm³/mol. The maximum Gasteiger partial charge on any atom is 0.335 e. The van der Waals surface area contributed by atoms with E-state index in [9.17, 15) is 9.59 Å². The Labute approximate surface area is 128 Å². The fraction of sp³-hybridized carbons (Fsp3) is 0.250. The molecule has 2 rings (SSSR count). The van der Waals surface area contributed by atoms with E-state index >= 15 is 0 Å². The minimum absolute atomic E-state index is 0.0889. The van der Waals surface area contributed by atoms with Crippen LogP contribution in [0.3, 0.4) is 0 Å². The minimum Gasteiger partial charge on any atom is -0.491 e. The van der Waals surface area contributed by atoms with Crippen LogP contribution >= 0.6 is 0 Å². The summed E-state index contributed by atoms with van der Waals surface area (Å²) in [6, 6.07) is 7.85. The van der Waals surface area contributed by atoms with E-state index in [1.165, 1.54) is 12.1 Å². The number of benzene rings is 1. The van der Waals surface area contributed by atoms with E-state index in [0.29, 0.717) is 23.7 Å². The Kier molecular flexibility index (Phi) is 4.83. The maximum absolute atomic E-state index is 12.3. The van der Waals surface area contributed by atoms with Gasteiger partial charge in [0.2, 0.25) is 0 Å². The topological polar surface area (TPSA) is 80.6 Å². The van der Waals surface area contributed by atoms with Crippen LogP contribution in [0.15, 0.2) is 36.5 Å². The molecule has 1 aromatic carbocycles. The summed E-state index contributed by atoms with van der Waals surface area (Å²) in [5, 5.41) is 11.8. The number of carboxylic acids is 1. The molecule has 0 aliphatic heterocycles. The van der Waals surface area contributed by atoms with Gasteiger partial charge in [0.25, 0.3) is 5.91 Å². The Morgan fingerprint density at radius 3 is 2.68 bits per heavy atom. The second-order valence-electron chi connectivity index (χ2n) is 4.82. The summed E-state index contributed by atoms with van der Waals surface area (Å²) in [5.41, 5.74) is 0.910. The molecule has 0 aliphatic carbocycles. The van der Waals surface area contributed by atoms with Gasteiger partial charge in [-0.25, -0.2) is 4.79 Å². The number of rotatable bonds is 6. The van der Waals surface area contributed by atoms with Crippen LogP contribution in [0.1, 0.15) is 34.2 Å². The number of hydrogen-bond donors (Lipinski definition) is 2.